The lowest BCUT2D eigenvalue weighted by atomic mass is 10.3. The molecule has 0 unspecified atom stereocenters. The van der Waals surface area contributed by atoms with Gasteiger partial charge in [-0.3, -0.25) is 15.0 Å². The summed E-state index contributed by atoms with van der Waals surface area (Å²) in [4.78, 5) is 15.9. The minimum atomic E-state index is -0.401. The maximum atomic E-state index is 11.9. The number of phenolic OH excluding ortho intramolecular Hbond substituents is 1. The Bertz CT molecular complexity index is 784. The number of benzene rings is 1. The third-order valence-electron chi connectivity index (χ3n) is 3.07. The number of aromatic hydroxyl groups is 1. The largest absolute Gasteiger partial charge is 0.508 e. The van der Waals surface area contributed by atoms with Crippen molar-refractivity contribution in [3.63, 3.8) is 0 Å². The number of phenols is 1. The van der Waals surface area contributed by atoms with E-state index in [4.69, 9.17) is 0 Å². The summed E-state index contributed by atoms with van der Waals surface area (Å²) >= 11 is 0. The Morgan fingerprint density at radius 2 is 1.96 bits per heavy atom. The quantitative estimate of drug-likeness (QED) is 0.646. The summed E-state index contributed by atoms with van der Waals surface area (Å²) in [5.41, 5.74) is 1.60. The van der Waals surface area contributed by atoms with E-state index in [1.165, 1.54) is 12.1 Å². The Kier molecular flexibility index (Phi) is 4.19. The van der Waals surface area contributed by atoms with E-state index in [1.807, 2.05) is 12.1 Å². The van der Waals surface area contributed by atoms with Crippen LogP contribution in [0.3, 0.4) is 0 Å². The number of urea groups is 1. The molecule has 7 nitrogen and oxygen atoms in total. The summed E-state index contributed by atoms with van der Waals surface area (Å²) in [6.45, 7) is 0.578. The highest BCUT2D eigenvalue weighted by Crippen LogP contribution is 2.14. The zero-order valence-electron chi connectivity index (χ0n) is 12.2. The average molecular weight is 309 g/mol. The lowest BCUT2D eigenvalue weighted by Crippen LogP contribution is -2.19. The zero-order valence-corrected chi connectivity index (χ0v) is 12.2. The van der Waals surface area contributed by atoms with E-state index in [0.717, 1.165) is 5.56 Å². The van der Waals surface area contributed by atoms with Gasteiger partial charge in [0.1, 0.15) is 5.75 Å². The van der Waals surface area contributed by atoms with Gasteiger partial charge in [0.05, 0.1) is 6.54 Å². The van der Waals surface area contributed by atoms with Crippen LogP contribution in [-0.4, -0.2) is 25.9 Å². The van der Waals surface area contributed by atoms with Gasteiger partial charge < -0.3 is 10.4 Å². The second kappa shape index (κ2) is 6.61. The van der Waals surface area contributed by atoms with Crippen molar-refractivity contribution in [3.05, 3.63) is 66.6 Å². The number of nitrogens with one attached hydrogen (secondary N) is 2. The van der Waals surface area contributed by atoms with Crippen LogP contribution in [0.5, 0.6) is 5.75 Å². The first kappa shape index (κ1) is 14.6. The first-order valence-corrected chi connectivity index (χ1v) is 6.98. The van der Waals surface area contributed by atoms with E-state index in [-0.39, 0.29) is 5.75 Å². The molecule has 0 spiro atoms. The Hall–Kier alpha value is -3.35. The number of carbonyl (C=O) groups excluding carboxylic acids is 1. The predicted molar refractivity (Wildman–Crippen MR) is 86.3 cm³/mol. The molecule has 0 aliphatic rings. The normalized spacial score (nSPS) is 10.3. The zero-order chi connectivity index (χ0) is 16.1. The van der Waals surface area contributed by atoms with Crippen LogP contribution < -0.4 is 10.6 Å². The molecule has 0 aliphatic carbocycles. The molecule has 0 saturated carbocycles. The maximum absolute atomic E-state index is 11.9. The summed E-state index contributed by atoms with van der Waals surface area (Å²) in [5, 5.41) is 18.8. The monoisotopic (exact) mass is 309 g/mol. The average Bonchev–Trinajstić information content (AvgIpc) is 2.97. The van der Waals surface area contributed by atoms with Crippen LogP contribution >= 0.6 is 0 Å². The number of rotatable bonds is 4. The summed E-state index contributed by atoms with van der Waals surface area (Å²) in [6, 6.07) is 11.3. The molecule has 0 fully saturated rings. The van der Waals surface area contributed by atoms with Gasteiger partial charge in [-0.1, -0.05) is 6.07 Å². The Morgan fingerprint density at radius 1 is 1.13 bits per heavy atom. The Balaban J connectivity index is 1.58. The van der Waals surface area contributed by atoms with Gasteiger partial charge in [0.2, 0.25) is 0 Å². The number of carbonyl (C=O) groups is 1. The number of hydrogen-bond acceptors (Lipinski definition) is 4. The topological polar surface area (TPSA) is 92.1 Å². The molecule has 1 aromatic carbocycles. The van der Waals surface area contributed by atoms with Gasteiger partial charge in [-0.05, 0) is 35.9 Å². The summed E-state index contributed by atoms with van der Waals surface area (Å²) in [5.74, 6) is 0.593. The molecular formula is C16H15N5O2. The molecule has 2 amide bonds. The van der Waals surface area contributed by atoms with Crippen molar-refractivity contribution in [1.29, 1.82) is 0 Å². The molecule has 2 aromatic heterocycles. The van der Waals surface area contributed by atoms with E-state index < -0.39 is 6.03 Å². The molecule has 0 bridgehead atoms. The highest BCUT2D eigenvalue weighted by molar-refractivity contribution is 5.99. The molecule has 0 saturated heterocycles. The molecule has 7 heteroatoms. The first-order valence-electron chi connectivity index (χ1n) is 6.98. The molecule has 23 heavy (non-hydrogen) atoms. The number of pyridine rings is 1. The van der Waals surface area contributed by atoms with E-state index >= 15 is 0 Å². The lowest BCUT2D eigenvalue weighted by molar-refractivity contribution is 0.262. The van der Waals surface area contributed by atoms with Crippen LogP contribution in [0.15, 0.2) is 61.1 Å². The van der Waals surface area contributed by atoms with Crippen molar-refractivity contribution in [1.82, 2.24) is 14.8 Å². The van der Waals surface area contributed by atoms with Gasteiger partial charge in [-0.25, -0.2) is 4.79 Å². The fourth-order valence-electron chi connectivity index (χ4n) is 2.02. The maximum Gasteiger partial charge on any atom is 0.324 e. The highest BCUT2D eigenvalue weighted by atomic mass is 16.3. The van der Waals surface area contributed by atoms with Gasteiger partial charge in [0.15, 0.2) is 5.82 Å². The van der Waals surface area contributed by atoms with Crippen LogP contribution in [-0.2, 0) is 6.54 Å². The number of anilines is 2. The first-order chi connectivity index (χ1) is 11.2. The van der Waals surface area contributed by atoms with Gasteiger partial charge >= 0.3 is 6.03 Å². The van der Waals surface area contributed by atoms with Crippen molar-refractivity contribution in [2.45, 2.75) is 6.54 Å². The molecule has 0 radical (unpaired) electrons. The van der Waals surface area contributed by atoms with Crippen molar-refractivity contribution in [2.75, 3.05) is 10.6 Å². The number of hydrogen-bond donors (Lipinski definition) is 3. The van der Waals surface area contributed by atoms with Crippen LogP contribution in [0, 0.1) is 0 Å². The van der Waals surface area contributed by atoms with Gasteiger partial charge in [-0.15, -0.1) is 0 Å². The van der Waals surface area contributed by atoms with Crippen LogP contribution in [0.1, 0.15) is 5.56 Å². The van der Waals surface area contributed by atoms with Crippen molar-refractivity contribution < 1.29 is 9.90 Å². The second-order valence-electron chi connectivity index (χ2n) is 4.89. The van der Waals surface area contributed by atoms with Crippen LogP contribution in [0.4, 0.5) is 16.3 Å². The van der Waals surface area contributed by atoms with Gasteiger partial charge in [-0.2, -0.15) is 5.10 Å². The Morgan fingerprint density at radius 3 is 2.70 bits per heavy atom. The summed E-state index contributed by atoms with van der Waals surface area (Å²) in [7, 11) is 0. The molecular weight excluding hydrogens is 294 g/mol. The fourth-order valence-corrected chi connectivity index (χ4v) is 2.02. The predicted octanol–water partition coefficient (Wildman–Crippen LogP) is 2.68. The van der Waals surface area contributed by atoms with Crippen molar-refractivity contribution in [2.24, 2.45) is 0 Å². The SMILES string of the molecule is O=C(Nc1ccc(O)cc1)Nc1ccn(Cc2cccnc2)n1. The summed E-state index contributed by atoms with van der Waals surface area (Å²) in [6.07, 6.45) is 5.27. The number of amides is 2. The highest BCUT2D eigenvalue weighted by Gasteiger charge is 2.06. The summed E-state index contributed by atoms with van der Waals surface area (Å²) < 4.78 is 1.72. The van der Waals surface area contributed by atoms with E-state index in [9.17, 15) is 9.90 Å². The molecule has 0 atom stereocenters. The number of aromatic nitrogens is 3. The van der Waals surface area contributed by atoms with Crippen molar-refractivity contribution in [3.8, 4) is 5.75 Å². The van der Waals surface area contributed by atoms with E-state index in [1.54, 1.807) is 41.5 Å². The molecule has 3 aromatic rings. The van der Waals surface area contributed by atoms with Gasteiger partial charge in [0.25, 0.3) is 0 Å². The molecule has 2 heterocycles. The van der Waals surface area contributed by atoms with Crippen molar-refractivity contribution >= 4 is 17.5 Å². The minimum Gasteiger partial charge on any atom is -0.508 e. The molecule has 3 N–H and O–H groups in total. The van der Waals surface area contributed by atoms with Crippen LogP contribution in [0.25, 0.3) is 0 Å². The van der Waals surface area contributed by atoms with Crippen LogP contribution in [0.2, 0.25) is 0 Å². The third kappa shape index (κ3) is 4.07. The van der Waals surface area contributed by atoms with E-state index in [0.29, 0.717) is 18.1 Å². The fraction of sp³-hybridized carbons (Fsp3) is 0.0625. The smallest absolute Gasteiger partial charge is 0.324 e. The standard InChI is InChI=1S/C16H15N5O2/c22-14-5-3-13(4-6-14)18-16(23)19-15-7-9-21(20-15)11-12-2-1-8-17-10-12/h1-10,22H,11H2,(H2,18,19,20,23). The molecule has 116 valence electrons. The minimum absolute atomic E-state index is 0.144. The molecule has 0 aliphatic heterocycles. The van der Waals surface area contributed by atoms with Gasteiger partial charge in [0, 0.05) is 30.3 Å². The second-order valence-corrected chi connectivity index (χ2v) is 4.89. The third-order valence-corrected chi connectivity index (χ3v) is 3.07. The number of nitrogens with zero attached hydrogens (tertiary/aromatic N) is 3. The molecule has 3 rings (SSSR count). The Labute approximate surface area is 132 Å². The van der Waals surface area contributed by atoms with E-state index in [2.05, 4.69) is 20.7 Å². The lowest BCUT2D eigenvalue weighted by Gasteiger charge is -2.05.